The van der Waals surface area contributed by atoms with Crippen molar-refractivity contribution in [1.29, 1.82) is 0 Å². The average Bonchev–Trinajstić information content (AvgIpc) is 2.63. The van der Waals surface area contributed by atoms with Crippen molar-refractivity contribution in [3.8, 4) is 5.75 Å². The molecule has 0 unspecified atom stereocenters. The predicted octanol–water partition coefficient (Wildman–Crippen LogP) is 1.24. The summed E-state index contributed by atoms with van der Waals surface area (Å²) >= 11 is 3.37. The average molecular weight is 492 g/mol. The molecule has 1 aromatic rings. The zero-order valence-electron chi connectivity index (χ0n) is 17.5. The number of sulfonamides is 1. The Labute approximate surface area is 181 Å². The number of hydrogen-bond donors (Lipinski definition) is 1. The minimum Gasteiger partial charge on any atom is -0.487 e. The molecule has 3 atom stereocenters. The number of carbonyl (C=O) groups is 1. The highest BCUT2D eigenvalue weighted by atomic mass is 79.9. The Balaban J connectivity index is 2.43. The van der Waals surface area contributed by atoms with Gasteiger partial charge in [0.25, 0.3) is 0 Å². The van der Waals surface area contributed by atoms with Crippen molar-refractivity contribution in [1.82, 2.24) is 14.1 Å². The van der Waals surface area contributed by atoms with Gasteiger partial charge in [-0.2, -0.15) is 4.31 Å². The number of aliphatic hydroxyl groups excluding tert-OH is 1. The van der Waals surface area contributed by atoms with Crippen LogP contribution in [0.1, 0.15) is 13.8 Å². The summed E-state index contributed by atoms with van der Waals surface area (Å²) in [7, 11) is 1.52. The molecule has 164 valence electrons. The van der Waals surface area contributed by atoms with Gasteiger partial charge >= 0.3 is 0 Å². The van der Waals surface area contributed by atoms with Gasteiger partial charge in [-0.15, -0.1) is 0 Å². The summed E-state index contributed by atoms with van der Waals surface area (Å²) < 4.78 is 34.6. The van der Waals surface area contributed by atoms with Crippen LogP contribution in [-0.4, -0.2) is 93.1 Å². The number of likely N-dealkylation sites (N-methyl/N-ethyl adjacent to an activating group) is 2. The molecule has 0 bridgehead atoms. The Kier molecular flexibility index (Phi) is 8.08. The molecule has 0 fully saturated rings. The zero-order chi connectivity index (χ0) is 21.9. The molecule has 1 aromatic carbocycles. The lowest BCUT2D eigenvalue weighted by Crippen LogP contribution is -2.50. The van der Waals surface area contributed by atoms with E-state index in [0.29, 0.717) is 11.0 Å². The number of halogens is 1. The van der Waals surface area contributed by atoms with E-state index in [2.05, 4.69) is 15.9 Å². The van der Waals surface area contributed by atoms with E-state index >= 15 is 0 Å². The van der Waals surface area contributed by atoms with Gasteiger partial charge in [0.2, 0.25) is 15.9 Å². The van der Waals surface area contributed by atoms with Crippen LogP contribution >= 0.6 is 15.9 Å². The van der Waals surface area contributed by atoms with Crippen molar-refractivity contribution in [2.75, 3.05) is 47.4 Å². The molecule has 2 rings (SSSR count). The van der Waals surface area contributed by atoms with E-state index in [1.54, 1.807) is 35.9 Å². The largest absolute Gasteiger partial charge is 0.487 e. The molecule has 29 heavy (non-hydrogen) atoms. The second-order valence-corrected chi connectivity index (χ2v) is 10.6. The molecular weight excluding hydrogens is 462 g/mol. The SMILES string of the molecule is C[C@@H]1CN([C@@H](C)CO)S(=O)(=O)c2ccc(Br)cc2O[C@H]1CN(C)C(=O)CN(C)C. The normalized spacial score (nSPS) is 22.9. The van der Waals surface area contributed by atoms with Crippen molar-refractivity contribution in [2.24, 2.45) is 5.92 Å². The third-order valence-corrected chi connectivity index (χ3v) is 7.47. The number of fused-ring (bicyclic) bond motifs is 1. The third-order valence-electron chi connectivity index (χ3n) is 4.96. The van der Waals surface area contributed by atoms with E-state index in [-0.39, 0.29) is 42.2 Å². The summed E-state index contributed by atoms with van der Waals surface area (Å²) in [4.78, 5) is 15.8. The van der Waals surface area contributed by atoms with Gasteiger partial charge in [-0.1, -0.05) is 22.9 Å². The minimum absolute atomic E-state index is 0.0458. The van der Waals surface area contributed by atoms with Gasteiger partial charge in [0.05, 0.1) is 19.7 Å². The van der Waals surface area contributed by atoms with Crippen LogP contribution in [0, 0.1) is 5.92 Å². The van der Waals surface area contributed by atoms with Crippen molar-refractivity contribution in [3.63, 3.8) is 0 Å². The van der Waals surface area contributed by atoms with E-state index in [1.165, 1.54) is 10.4 Å². The highest BCUT2D eigenvalue weighted by Gasteiger charge is 2.38. The molecule has 0 aromatic heterocycles. The Morgan fingerprint density at radius 2 is 2.03 bits per heavy atom. The summed E-state index contributed by atoms with van der Waals surface area (Å²) in [6.07, 6.45) is -0.414. The topological polar surface area (TPSA) is 90.4 Å². The van der Waals surface area contributed by atoms with E-state index < -0.39 is 22.2 Å². The predicted molar refractivity (Wildman–Crippen MR) is 114 cm³/mol. The Morgan fingerprint density at radius 1 is 1.38 bits per heavy atom. The summed E-state index contributed by atoms with van der Waals surface area (Å²) in [6.45, 7) is 4.06. The van der Waals surface area contributed by atoms with Crippen LogP contribution in [0.25, 0.3) is 0 Å². The first-order valence-electron chi connectivity index (χ1n) is 9.45. The second kappa shape index (κ2) is 9.74. The summed E-state index contributed by atoms with van der Waals surface area (Å²) in [5, 5.41) is 9.63. The Hall–Kier alpha value is -1.20. The van der Waals surface area contributed by atoms with Crippen LogP contribution in [0.2, 0.25) is 0 Å². The van der Waals surface area contributed by atoms with Crippen LogP contribution in [0.3, 0.4) is 0 Å². The Morgan fingerprint density at radius 3 is 2.62 bits per heavy atom. The van der Waals surface area contributed by atoms with E-state index in [9.17, 15) is 18.3 Å². The third kappa shape index (κ3) is 5.69. The molecule has 1 heterocycles. The van der Waals surface area contributed by atoms with E-state index in [4.69, 9.17) is 4.74 Å². The molecule has 0 radical (unpaired) electrons. The molecule has 1 aliphatic rings. The monoisotopic (exact) mass is 491 g/mol. The highest BCUT2D eigenvalue weighted by Crippen LogP contribution is 2.35. The molecule has 0 saturated carbocycles. The fourth-order valence-corrected chi connectivity index (χ4v) is 5.35. The summed E-state index contributed by atoms with van der Waals surface area (Å²) in [6, 6.07) is 4.20. The number of rotatable bonds is 6. The molecule has 1 N–H and O–H groups in total. The number of ether oxygens (including phenoxy) is 1. The smallest absolute Gasteiger partial charge is 0.247 e. The number of hydrogen-bond acceptors (Lipinski definition) is 6. The molecule has 1 aliphatic heterocycles. The standard InChI is InChI=1S/C19H30BrN3O5S/c1-13-9-23(14(2)12-24)29(26,27)18-7-6-15(20)8-16(18)28-17(13)10-22(5)19(25)11-21(3)4/h6-8,13-14,17,24H,9-12H2,1-5H3/t13-,14+,17+/m1/s1. The van der Waals surface area contributed by atoms with Gasteiger partial charge in [0, 0.05) is 30.0 Å². The molecule has 8 nitrogen and oxygen atoms in total. The van der Waals surface area contributed by atoms with Gasteiger partial charge in [-0.05, 0) is 39.2 Å². The fraction of sp³-hybridized carbons (Fsp3) is 0.632. The summed E-state index contributed by atoms with van der Waals surface area (Å²) in [5.74, 6) is -0.0180. The quantitative estimate of drug-likeness (QED) is 0.643. The zero-order valence-corrected chi connectivity index (χ0v) is 19.9. The number of amides is 1. The lowest BCUT2D eigenvalue weighted by molar-refractivity contribution is -0.132. The maximum absolute atomic E-state index is 13.2. The second-order valence-electron chi connectivity index (χ2n) is 7.84. The maximum atomic E-state index is 13.2. The molecule has 0 saturated heterocycles. The number of nitrogens with zero attached hydrogens (tertiary/aromatic N) is 3. The first-order valence-corrected chi connectivity index (χ1v) is 11.7. The maximum Gasteiger partial charge on any atom is 0.247 e. The first-order chi connectivity index (χ1) is 13.5. The van der Waals surface area contributed by atoms with Crippen molar-refractivity contribution < 1.29 is 23.1 Å². The summed E-state index contributed by atoms with van der Waals surface area (Å²) in [5.41, 5.74) is 0. The minimum atomic E-state index is -3.85. The Bertz CT molecular complexity index is 833. The number of carbonyl (C=O) groups excluding carboxylic acids is 1. The lowest BCUT2D eigenvalue weighted by atomic mass is 10.0. The van der Waals surface area contributed by atoms with E-state index in [0.717, 1.165) is 0 Å². The van der Waals surface area contributed by atoms with Crippen LogP contribution in [0.4, 0.5) is 0 Å². The van der Waals surface area contributed by atoms with Gasteiger partial charge in [0.1, 0.15) is 16.7 Å². The van der Waals surface area contributed by atoms with Gasteiger partial charge in [-0.3, -0.25) is 4.79 Å². The molecular formula is C19H30BrN3O5S. The first kappa shape index (κ1) is 24.1. The molecule has 1 amide bonds. The van der Waals surface area contributed by atoms with Crippen LogP contribution < -0.4 is 4.74 Å². The fourth-order valence-electron chi connectivity index (χ4n) is 3.18. The molecule has 0 spiro atoms. The van der Waals surface area contributed by atoms with Gasteiger partial charge < -0.3 is 19.6 Å². The van der Waals surface area contributed by atoms with Crippen molar-refractivity contribution >= 4 is 31.9 Å². The van der Waals surface area contributed by atoms with Crippen LogP contribution in [-0.2, 0) is 14.8 Å². The van der Waals surface area contributed by atoms with Crippen LogP contribution in [0.15, 0.2) is 27.6 Å². The van der Waals surface area contributed by atoms with Gasteiger partial charge in [0.15, 0.2) is 0 Å². The van der Waals surface area contributed by atoms with Crippen molar-refractivity contribution in [3.05, 3.63) is 22.7 Å². The molecule has 10 heteroatoms. The number of benzene rings is 1. The van der Waals surface area contributed by atoms with Gasteiger partial charge in [-0.25, -0.2) is 8.42 Å². The van der Waals surface area contributed by atoms with Crippen molar-refractivity contribution in [2.45, 2.75) is 30.9 Å². The lowest BCUT2D eigenvalue weighted by Gasteiger charge is -2.37. The number of aliphatic hydroxyl groups is 1. The van der Waals surface area contributed by atoms with E-state index in [1.807, 2.05) is 21.0 Å². The highest BCUT2D eigenvalue weighted by molar-refractivity contribution is 9.10. The molecule has 0 aliphatic carbocycles. The van der Waals surface area contributed by atoms with Crippen LogP contribution in [0.5, 0.6) is 5.75 Å².